The van der Waals surface area contributed by atoms with Crippen LogP contribution in [0.1, 0.15) is 37.2 Å². The van der Waals surface area contributed by atoms with Crippen molar-refractivity contribution in [3.8, 4) is 23.0 Å². The molecule has 5 nitrogen and oxygen atoms in total. The molecule has 2 aliphatic rings. The first kappa shape index (κ1) is 16.1. The van der Waals surface area contributed by atoms with Gasteiger partial charge >= 0.3 is 0 Å². The van der Waals surface area contributed by atoms with Gasteiger partial charge in [0.2, 0.25) is 6.79 Å². The Bertz CT molecular complexity index is 767. The third-order valence-corrected chi connectivity index (χ3v) is 5.34. The Morgan fingerprint density at radius 2 is 1.56 bits per heavy atom. The second-order valence-corrected chi connectivity index (χ2v) is 6.74. The monoisotopic (exact) mass is 342 g/mol. The van der Waals surface area contributed by atoms with Crippen molar-refractivity contribution in [1.82, 2.24) is 0 Å². The van der Waals surface area contributed by atoms with Crippen LogP contribution < -0.4 is 14.2 Å². The Balaban J connectivity index is 1.63. The molecule has 25 heavy (non-hydrogen) atoms. The molecule has 0 saturated carbocycles. The van der Waals surface area contributed by atoms with E-state index < -0.39 is 0 Å². The van der Waals surface area contributed by atoms with Crippen molar-refractivity contribution in [3.63, 3.8) is 0 Å². The van der Waals surface area contributed by atoms with Gasteiger partial charge < -0.3 is 24.1 Å². The lowest BCUT2D eigenvalue weighted by atomic mass is 9.85. The van der Waals surface area contributed by atoms with Crippen molar-refractivity contribution >= 4 is 0 Å². The fourth-order valence-electron chi connectivity index (χ4n) is 3.68. The topological polar surface area (TPSA) is 57.2 Å². The standard InChI is InChI=1S/C20H22O5/c1-11-12(2)20(14-5-7-16-18(9-14)24-10-23-16)25-19(11)13-4-6-15(21)17(8-13)22-3/h4-9,11-12,19-21H,10H2,1-3H3/t11-,12-,19-,20+/m1/s1. The number of ether oxygens (including phenoxy) is 4. The highest BCUT2D eigenvalue weighted by atomic mass is 16.7. The summed E-state index contributed by atoms with van der Waals surface area (Å²) in [4.78, 5) is 0. The number of hydrogen-bond donors (Lipinski definition) is 1. The predicted molar refractivity (Wildman–Crippen MR) is 92.1 cm³/mol. The Labute approximate surface area is 147 Å². The van der Waals surface area contributed by atoms with E-state index in [2.05, 4.69) is 13.8 Å². The molecule has 0 spiro atoms. The predicted octanol–water partition coefficient (Wildman–Crippen LogP) is 4.21. The zero-order valence-electron chi connectivity index (χ0n) is 14.6. The van der Waals surface area contributed by atoms with Gasteiger partial charge in [0.1, 0.15) is 0 Å². The Hall–Kier alpha value is -2.40. The van der Waals surface area contributed by atoms with E-state index in [1.807, 2.05) is 30.3 Å². The van der Waals surface area contributed by atoms with Crippen molar-refractivity contribution < 1.29 is 24.1 Å². The first-order valence-corrected chi connectivity index (χ1v) is 8.50. The van der Waals surface area contributed by atoms with E-state index >= 15 is 0 Å². The summed E-state index contributed by atoms with van der Waals surface area (Å²) < 4.78 is 22.5. The molecule has 2 aromatic carbocycles. The van der Waals surface area contributed by atoms with E-state index in [-0.39, 0.29) is 24.8 Å². The summed E-state index contributed by atoms with van der Waals surface area (Å²) in [6.07, 6.45) is -0.0748. The van der Waals surface area contributed by atoms with Gasteiger partial charge in [-0.1, -0.05) is 26.0 Å². The fraction of sp³-hybridized carbons (Fsp3) is 0.400. The molecule has 0 bridgehead atoms. The summed E-state index contributed by atoms with van der Waals surface area (Å²) in [5.41, 5.74) is 2.11. The molecule has 0 aromatic heterocycles. The Morgan fingerprint density at radius 3 is 2.28 bits per heavy atom. The fourth-order valence-corrected chi connectivity index (χ4v) is 3.68. The lowest BCUT2D eigenvalue weighted by Crippen LogP contribution is -2.09. The van der Waals surface area contributed by atoms with Crippen LogP contribution in [-0.2, 0) is 4.74 Å². The van der Waals surface area contributed by atoms with Crippen LogP contribution in [-0.4, -0.2) is 19.0 Å². The highest BCUT2D eigenvalue weighted by Crippen LogP contribution is 2.50. The van der Waals surface area contributed by atoms with Gasteiger partial charge in [0.15, 0.2) is 23.0 Å². The second kappa shape index (κ2) is 6.15. The van der Waals surface area contributed by atoms with E-state index in [0.717, 1.165) is 22.6 Å². The van der Waals surface area contributed by atoms with Crippen LogP contribution >= 0.6 is 0 Å². The lowest BCUT2D eigenvalue weighted by molar-refractivity contribution is 0.0288. The highest BCUT2D eigenvalue weighted by molar-refractivity contribution is 5.46. The minimum atomic E-state index is -0.0556. The van der Waals surface area contributed by atoms with Crippen molar-refractivity contribution in [2.45, 2.75) is 26.1 Å². The third-order valence-electron chi connectivity index (χ3n) is 5.34. The molecule has 0 radical (unpaired) electrons. The van der Waals surface area contributed by atoms with Gasteiger partial charge in [0, 0.05) is 0 Å². The first-order chi connectivity index (χ1) is 12.1. The van der Waals surface area contributed by atoms with Gasteiger partial charge in [-0.2, -0.15) is 0 Å². The van der Waals surface area contributed by atoms with E-state index in [9.17, 15) is 5.11 Å². The molecule has 0 unspecified atom stereocenters. The van der Waals surface area contributed by atoms with Crippen molar-refractivity contribution in [3.05, 3.63) is 47.5 Å². The van der Waals surface area contributed by atoms with Gasteiger partial charge in [-0.3, -0.25) is 0 Å². The molecule has 4 rings (SSSR count). The summed E-state index contributed by atoms with van der Waals surface area (Å²) >= 11 is 0. The largest absolute Gasteiger partial charge is 0.504 e. The number of phenolic OH excluding ortho intramolecular Hbond substituents is 1. The highest BCUT2D eigenvalue weighted by Gasteiger charge is 2.41. The molecule has 2 aliphatic heterocycles. The molecule has 1 saturated heterocycles. The number of hydrogen-bond acceptors (Lipinski definition) is 5. The van der Waals surface area contributed by atoms with Gasteiger partial charge in [0.05, 0.1) is 19.3 Å². The molecule has 4 atom stereocenters. The van der Waals surface area contributed by atoms with Crippen molar-refractivity contribution in [1.29, 1.82) is 0 Å². The summed E-state index contributed by atoms with van der Waals surface area (Å²) in [5, 5.41) is 9.82. The summed E-state index contributed by atoms with van der Waals surface area (Å²) in [7, 11) is 1.55. The number of benzene rings is 2. The van der Waals surface area contributed by atoms with Gasteiger partial charge in [0.25, 0.3) is 0 Å². The zero-order chi connectivity index (χ0) is 17.6. The van der Waals surface area contributed by atoms with Crippen LogP contribution in [0, 0.1) is 11.8 Å². The van der Waals surface area contributed by atoms with Crippen LogP contribution in [0.15, 0.2) is 36.4 Å². The van der Waals surface area contributed by atoms with Crippen molar-refractivity contribution in [2.24, 2.45) is 11.8 Å². The van der Waals surface area contributed by atoms with E-state index in [0.29, 0.717) is 17.6 Å². The first-order valence-electron chi connectivity index (χ1n) is 8.50. The molecule has 2 aromatic rings. The lowest BCUT2D eigenvalue weighted by Gasteiger charge is -2.17. The molecule has 0 aliphatic carbocycles. The maximum Gasteiger partial charge on any atom is 0.231 e. The van der Waals surface area contributed by atoms with Crippen molar-refractivity contribution in [2.75, 3.05) is 13.9 Å². The number of methoxy groups -OCH3 is 1. The van der Waals surface area contributed by atoms with Gasteiger partial charge in [-0.05, 0) is 47.2 Å². The van der Waals surface area contributed by atoms with Crippen LogP contribution in [0.2, 0.25) is 0 Å². The number of aromatic hydroxyl groups is 1. The number of fused-ring (bicyclic) bond motifs is 1. The van der Waals surface area contributed by atoms with Gasteiger partial charge in [-0.25, -0.2) is 0 Å². The quantitative estimate of drug-likeness (QED) is 0.905. The van der Waals surface area contributed by atoms with Crippen LogP contribution in [0.5, 0.6) is 23.0 Å². The van der Waals surface area contributed by atoms with E-state index in [1.165, 1.54) is 0 Å². The minimum Gasteiger partial charge on any atom is -0.504 e. The molecule has 0 amide bonds. The van der Waals surface area contributed by atoms with E-state index in [4.69, 9.17) is 18.9 Å². The SMILES string of the molecule is COc1cc([C@@H]2O[C@H](c3ccc4c(c3)OCO4)[C@H](C)[C@H]2C)ccc1O. The van der Waals surface area contributed by atoms with Crippen LogP contribution in [0.3, 0.4) is 0 Å². The Morgan fingerprint density at radius 1 is 0.920 bits per heavy atom. The minimum absolute atomic E-state index is 0.0192. The molecule has 2 heterocycles. The smallest absolute Gasteiger partial charge is 0.231 e. The molecule has 1 fully saturated rings. The average molecular weight is 342 g/mol. The van der Waals surface area contributed by atoms with Crippen LogP contribution in [0.25, 0.3) is 0 Å². The molecule has 5 heteroatoms. The second-order valence-electron chi connectivity index (χ2n) is 6.74. The zero-order valence-corrected chi connectivity index (χ0v) is 14.6. The third kappa shape index (κ3) is 2.68. The van der Waals surface area contributed by atoms with Gasteiger partial charge in [-0.15, -0.1) is 0 Å². The maximum atomic E-state index is 9.82. The molecular weight excluding hydrogens is 320 g/mol. The summed E-state index contributed by atoms with van der Waals surface area (Å²) in [6.45, 7) is 4.67. The molecular formula is C20H22O5. The summed E-state index contributed by atoms with van der Waals surface area (Å²) in [6, 6.07) is 11.4. The summed E-state index contributed by atoms with van der Waals surface area (Å²) in [5.74, 6) is 2.82. The Kier molecular flexibility index (Phi) is 3.96. The number of phenols is 1. The molecule has 1 N–H and O–H groups in total. The number of rotatable bonds is 3. The molecule has 132 valence electrons. The van der Waals surface area contributed by atoms with E-state index in [1.54, 1.807) is 13.2 Å². The van der Waals surface area contributed by atoms with Crippen LogP contribution in [0.4, 0.5) is 0 Å². The normalized spacial score (nSPS) is 27.5. The maximum absolute atomic E-state index is 9.82. The average Bonchev–Trinajstić information content (AvgIpc) is 3.20.